The number of amides is 1. The second-order valence-corrected chi connectivity index (χ2v) is 6.84. The number of nitrogens with one attached hydrogen (secondary N) is 1. The molecule has 7 heteroatoms. The molecule has 4 nitrogen and oxygen atoms in total. The minimum atomic E-state index is -2.67. The van der Waals surface area contributed by atoms with E-state index in [0.29, 0.717) is 26.1 Å². The van der Waals surface area contributed by atoms with Crippen molar-refractivity contribution in [3.63, 3.8) is 0 Å². The molecule has 1 amide bonds. The zero-order valence-corrected chi connectivity index (χ0v) is 14.6. The third kappa shape index (κ3) is 8.29. The van der Waals surface area contributed by atoms with Gasteiger partial charge in [-0.1, -0.05) is 11.8 Å². The maximum Gasteiger partial charge on any atom is 0.278 e. The van der Waals surface area contributed by atoms with Gasteiger partial charge in [0, 0.05) is 32.2 Å². The fraction of sp³-hybridized carbons (Fsp3) is 0.933. The van der Waals surface area contributed by atoms with E-state index in [1.165, 1.54) is 0 Å². The molecule has 1 saturated heterocycles. The zero-order chi connectivity index (χ0) is 16.6. The summed E-state index contributed by atoms with van der Waals surface area (Å²) in [5.41, 5.74) is 0. The Morgan fingerprint density at radius 1 is 1.41 bits per heavy atom. The maximum absolute atomic E-state index is 13.9. The predicted molar refractivity (Wildman–Crippen MR) is 86.8 cm³/mol. The van der Waals surface area contributed by atoms with E-state index in [9.17, 15) is 13.6 Å². The van der Waals surface area contributed by atoms with Crippen molar-refractivity contribution >= 4 is 17.0 Å². The molecule has 0 aliphatic carbocycles. The van der Waals surface area contributed by atoms with Gasteiger partial charge in [0.25, 0.3) is 11.2 Å². The van der Waals surface area contributed by atoms with Crippen LogP contribution in [0.4, 0.5) is 13.6 Å². The first kappa shape index (κ1) is 19.6. The van der Waals surface area contributed by atoms with Gasteiger partial charge < -0.3 is 10.1 Å². The number of likely N-dealkylation sites (tertiary alicyclic amines) is 1. The van der Waals surface area contributed by atoms with Crippen molar-refractivity contribution in [1.82, 2.24) is 10.2 Å². The Labute approximate surface area is 136 Å². The Kier molecular flexibility index (Phi) is 8.64. The number of hydrogen-bond donors (Lipinski definition) is 1. The second kappa shape index (κ2) is 9.67. The molecule has 1 aliphatic heterocycles. The van der Waals surface area contributed by atoms with E-state index in [2.05, 4.69) is 5.32 Å². The molecule has 1 N–H and O–H groups in total. The summed E-state index contributed by atoms with van der Waals surface area (Å²) in [5.74, 6) is -2.67. The molecule has 0 unspecified atom stereocenters. The number of ether oxygens (including phenoxy) is 1. The van der Waals surface area contributed by atoms with Crippen LogP contribution in [0.5, 0.6) is 0 Å². The summed E-state index contributed by atoms with van der Waals surface area (Å²) in [6.07, 6.45) is 3.53. The van der Waals surface area contributed by atoms with Gasteiger partial charge in [0.15, 0.2) is 0 Å². The summed E-state index contributed by atoms with van der Waals surface area (Å²) >= 11 is 1.15. The van der Waals surface area contributed by atoms with Crippen LogP contribution in [-0.2, 0) is 4.74 Å². The van der Waals surface area contributed by atoms with E-state index in [1.807, 2.05) is 13.8 Å². The van der Waals surface area contributed by atoms with E-state index >= 15 is 0 Å². The largest absolute Gasteiger partial charge is 0.379 e. The minimum absolute atomic E-state index is 0.0473. The quantitative estimate of drug-likeness (QED) is 0.689. The topological polar surface area (TPSA) is 41.6 Å². The van der Waals surface area contributed by atoms with E-state index in [1.54, 1.807) is 11.2 Å². The highest BCUT2D eigenvalue weighted by molar-refractivity contribution is 8.12. The van der Waals surface area contributed by atoms with Crippen molar-refractivity contribution in [2.45, 2.75) is 57.6 Å². The molecule has 1 heterocycles. The van der Waals surface area contributed by atoms with Crippen molar-refractivity contribution in [2.24, 2.45) is 0 Å². The van der Waals surface area contributed by atoms with Crippen LogP contribution in [0.3, 0.4) is 0 Å². The lowest BCUT2D eigenvalue weighted by atomic mass is 10.0. The standard InChI is InChI=1S/C15H28F2N2O2S/c1-12(2)21-10-4-7-15(16,17)11-19-8-5-13(6-9-19)18-14(20)22-3/h12-13H,4-11H2,1-3H3,(H,18,20). The van der Waals surface area contributed by atoms with Crippen LogP contribution < -0.4 is 5.32 Å². The molecule has 0 aromatic carbocycles. The van der Waals surface area contributed by atoms with Crippen molar-refractivity contribution in [2.75, 3.05) is 32.5 Å². The van der Waals surface area contributed by atoms with Gasteiger partial charge in [-0.3, -0.25) is 9.69 Å². The second-order valence-electron chi connectivity index (χ2n) is 6.07. The highest BCUT2D eigenvalue weighted by atomic mass is 32.2. The van der Waals surface area contributed by atoms with Gasteiger partial charge in [0.05, 0.1) is 12.6 Å². The molecule has 0 spiro atoms. The number of piperidine rings is 1. The predicted octanol–water partition coefficient (Wildman–Crippen LogP) is 3.36. The number of halogens is 2. The Balaban J connectivity index is 2.22. The highest BCUT2D eigenvalue weighted by Crippen LogP contribution is 2.24. The highest BCUT2D eigenvalue weighted by Gasteiger charge is 2.33. The van der Waals surface area contributed by atoms with Gasteiger partial charge in [-0.05, 0) is 39.4 Å². The van der Waals surface area contributed by atoms with Crippen molar-refractivity contribution in [3.05, 3.63) is 0 Å². The molecule has 0 aromatic heterocycles. The van der Waals surface area contributed by atoms with E-state index in [0.717, 1.165) is 24.6 Å². The molecule has 0 radical (unpaired) electrons. The number of thioether (sulfide) groups is 1. The molecule has 0 bridgehead atoms. The fourth-order valence-corrected chi connectivity index (χ4v) is 2.80. The van der Waals surface area contributed by atoms with Gasteiger partial charge in [0.1, 0.15) is 0 Å². The fourth-order valence-electron chi connectivity index (χ4n) is 2.52. The van der Waals surface area contributed by atoms with Crippen LogP contribution in [0.25, 0.3) is 0 Å². The van der Waals surface area contributed by atoms with Crippen molar-refractivity contribution < 1.29 is 18.3 Å². The van der Waals surface area contributed by atoms with Gasteiger partial charge in [-0.15, -0.1) is 0 Å². The molecule has 1 rings (SSSR count). The average molecular weight is 338 g/mol. The molecule has 1 aliphatic rings. The average Bonchev–Trinajstić information content (AvgIpc) is 2.45. The van der Waals surface area contributed by atoms with Crippen molar-refractivity contribution in [1.29, 1.82) is 0 Å². The smallest absolute Gasteiger partial charge is 0.278 e. The van der Waals surface area contributed by atoms with Crippen LogP contribution in [0.15, 0.2) is 0 Å². The monoisotopic (exact) mass is 338 g/mol. The summed E-state index contributed by atoms with van der Waals surface area (Å²) < 4.78 is 33.1. The third-order valence-electron chi connectivity index (χ3n) is 3.69. The van der Waals surface area contributed by atoms with Gasteiger partial charge >= 0.3 is 0 Å². The normalized spacial score (nSPS) is 17.9. The lowest BCUT2D eigenvalue weighted by molar-refractivity contribution is -0.0518. The van der Waals surface area contributed by atoms with Crippen LogP contribution in [0, 0.1) is 0 Å². The number of carbonyl (C=O) groups excluding carboxylic acids is 1. The molecule has 22 heavy (non-hydrogen) atoms. The summed E-state index contributed by atoms with van der Waals surface area (Å²) in [6.45, 7) is 5.21. The Hall–Kier alpha value is -0.400. The summed E-state index contributed by atoms with van der Waals surface area (Å²) in [4.78, 5) is 13.1. The van der Waals surface area contributed by atoms with E-state index in [-0.39, 0.29) is 30.4 Å². The van der Waals surface area contributed by atoms with E-state index < -0.39 is 5.92 Å². The lowest BCUT2D eigenvalue weighted by Crippen LogP contribution is -2.47. The Morgan fingerprint density at radius 2 is 2.05 bits per heavy atom. The van der Waals surface area contributed by atoms with E-state index in [4.69, 9.17) is 4.74 Å². The molecular weight excluding hydrogens is 310 g/mol. The first-order valence-corrected chi connectivity index (χ1v) is 9.11. The SMILES string of the molecule is CSC(=O)NC1CCN(CC(F)(F)CCCOC(C)C)CC1. The number of hydrogen-bond acceptors (Lipinski definition) is 4. The number of rotatable bonds is 8. The van der Waals surface area contributed by atoms with Crippen LogP contribution in [0.1, 0.15) is 39.5 Å². The molecular formula is C15H28F2N2O2S. The molecule has 1 fully saturated rings. The summed E-state index contributed by atoms with van der Waals surface area (Å²) in [5, 5.41) is 2.85. The number of alkyl halides is 2. The Bertz CT molecular complexity index is 336. The summed E-state index contributed by atoms with van der Waals surface area (Å²) in [7, 11) is 0. The first-order chi connectivity index (χ1) is 10.3. The van der Waals surface area contributed by atoms with Gasteiger partial charge in [0.2, 0.25) is 0 Å². The van der Waals surface area contributed by atoms with Crippen LogP contribution in [0.2, 0.25) is 0 Å². The minimum Gasteiger partial charge on any atom is -0.379 e. The Morgan fingerprint density at radius 3 is 2.59 bits per heavy atom. The van der Waals surface area contributed by atoms with Gasteiger partial charge in [-0.2, -0.15) is 0 Å². The number of carbonyl (C=O) groups is 1. The molecule has 130 valence electrons. The first-order valence-electron chi connectivity index (χ1n) is 7.88. The van der Waals surface area contributed by atoms with Crippen LogP contribution in [-0.4, -0.2) is 60.7 Å². The number of nitrogens with zero attached hydrogens (tertiary/aromatic N) is 1. The maximum atomic E-state index is 13.9. The van der Waals surface area contributed by atoms with Crippen LogP contribution >= 0.6 is 11.8 Å². The lowest BCUT2D eigenvalue weighted by Gasteiger charge is -2.34. The third-order valence-corrected chi connectivity index (χ3v) is 4.18. The van der Waals surface area contributed by atoms with Gasteiger partial charge in [-0.25, -0.2) is 8.78 Å². The summed E-state index contributed by atoms with van der Waals surface area (Å²) in [6, 6.07) is 0.115. The zero-order valence-electron chi connectivity index (χ0n) is 13.7. The molecule has 0 atom stereocenters. The molecule has 0 aromatic rings. The molecule has 0 saturated carbocycles. The van der Waals surface area contributed by atoms with Crippen molar-refractivity contribution in [3.8, 4) is 0 Å².